The highest BCUT2D eigenvalue weighted by molar-refractivity contribution is 5.70. The maximum absolute atomic E-state index is 12.1. The Morgan fingerprint density at radius 1 is 0.735 bits per heavy atom. The molecule has 0 aromatic rings. The largest absolute Gasteiger partial charge is 0.550 e. The summed E-state index contributed by atoms with van der Waals surface area (Å²) in [5.41, 5.74) is 0. The van der Waals surface area contributed by atoms with Crippen molar-refractivity contribution in [3.8, 4) is 0 Å². The van der Waals surface area contributed by atoms with E-state index in [9.17, 15) is 14.7 Å². The number of carboxylic acids is 1. The summed E-state index contributed by atoms with van der Waals surface area (Å²) in [6, 6.07) is 0. The molecule has 0 saturated carbocycles. The second-order valence-corrected chi connectivity index (χ2v) is 11.5. The molecule has 0 aliphatic heterocycles. The van der Waals surface area contributed by atoms with Gasteiger partial charge in [-0.2, -0.15) is 0 Å². The van der Waals surface area contributed by atoms with Gasteiger partial charge in [-0.1, -0.05) is 117 Å². The molecule has 34 heavy (non-hydrogen) atoms. The summed E-state index contributed by atoms with van der Waals surface area (Å²) in [4.78, 5) is 23.0. The third kappa shape index (κ3) is 24.0. The molecular weight excluding hydrogens is 426 g/mol. The molecule has 5 heteroatoms. The number of hydrogen-bond donors (Lipinski definition) is 0. The molecule has 0 aliphatic carbocycles. The van der Waals surface area contributed by atoms with Crippen molar-refractivity contribution in [3.63, 3.8) is 0 Å². The lowest BCUT2D eigenvalue weighted by Gasteiger charge is -2.29. The number of quaternary nitrogens is 1. The molecular formula is C29H57NO4. The standard InChI is InChI=1S/C29H57NO4/c1-6-7-8-9-15-18-21-26(2)22-19-16-13-11-10-12-14-17-20-23-29(33)34-27(24-28(31)32)25-30(3,4)5/h26-27H,6-25H2,1-5H3. The molecule has 0 aromatic carbocycles. The summed E-state index contributed by atoms with van der Waals surface area (Å²) in [6.45, 7) is 5.17. The normalized spacial score (nSPS) is 13.6. The van der Waals surface area contributed by atoms with Crippen LogP contribution in [-0.2, 0) is 14.3 Å². The first kappa shape index (κ1) is 32.9. The quantitative estimate of drug-likeness (QED) is 0.0902. The van der Waals surface area contributed by atoms with Crippen LogP contribution >= 0.6 is 0 Å². The molecule has 0 spiro atoms. The van der Waals surface area contributed by atoms with Gasteiger partial charge >= 0.3 is 5.97 Å². The zero-order valence-corrected chi connectivity index (χ0v) is 23.4. The number of likely N-dealkylation sites (N-methyl/N-ethyl adjacent to an activating group) is 1. The Kier molecular flexibility index (Phi) is 20.5. The van der Waals surface area contributed by atoms with Gasteiger partial charge in [0.15, 0.2) is 6.10 Å². The number of nitrogens with zero attached hydrogens (tertiary/aromatic N) is 1. The number of aliphatic carboxylic acids is 1. The topological polar surface area (TPSA) is 66.4 Å². The number of rotatable bonds is 24. The van der Waals surface area contributed by atoms with E-state index in [0.29, 0.717) is 17.4 Å². The van der Waals surface area contributed by atoms with E-state index in [4.69, 9.17) is 4.74 Å². The first-order valence-electron chi connectivity index (χ1n) is 14.3. The number of carbonyl (C=O) groups is 2. The van der Waals surface area contributed by atoms with Crippen molar-refractivity contribution in [2.45, 2.75) is 142 Å². The van der Waals surface area contributed by atoms with Gasteiger partial charge in [0.2, 0.25) is 0 Å². The first-order chi connectivity index (χ1) is 16.1. The van der Waals surface area contributed by atoms with Gasteiger partial charge in [0.25, 0.3) is 0 Å². The van der Waals surface area contributed by atoms with E-state index < -0.39 is 12.1 Å². The second-order valence-electron chi connectivity index (χ2n) is 11.5. The average Bonchev–Trinajstić information content (AvgIpc) is 2.72. The molecule has 0 fully saturated rings. The third-order valence-electron chi connectivity index (χ3n) is 6.57. The molecule has 0 rings (SSSR count). The molecule has 0 N–H and O–H groups in total. The Balaban J connectivity index is 3.57. The van der Waals surface area contributed by atoms with Crippen molar-refractivity contribution in [2.75, 3.05) is 27.7 Å². The van der Waals surface area contributed by atoms with E-state index in [1.54, 1.807) is 0 Å². The summed E-state index contributed by atoms with van der Waals surface area (Å²) >= 11 is 0. The Morgan fingerprint density at radius 2 is 1.18 bits per heavy atom. The number of hydrogen-bond acceptors (Lipinski definition) is 4. The zero-order valence-electron chi connectivity index (χ0n) is 23.4. The molecule has 0 radical (unpaired) electrons. The van der Waals surface area contributed by atoms with Crippen LogP contribution in [0.3, 0.4) is 0 Å². The predicted molar refractivity (Wildman–Crippen MR) is 140 cm³/mol. The lowest BCUT2D eigenvalue weighted by atomic mass is 9.96. The third-order valence-corrected chi connectivity index (χ3v) is 6.57. The fourth-order valence-electron chi connectivity index (χ4n) is 4.60. The minimum atomic E-state index is -1.17. The lowest BCUT2D eigenvalue weighted by molar-refractivity contribution is -0.873. The van der Waals surface area contributed by atoms with E-state index in [1.165, 1.54) is 89.9 Å². The highest BCUT2D eigenvalue weighted by atomic mass is 16.5. The summed E-state index contributed by atoms with van der Waals surface area (Å²) in [5.74, 6) is -0.569. The summed E-state index contributed by atoms with van der Waals surface area (Å²) in [7, 11) is 5.86. The highest BCUT2D eigenvalue weighted by Crippen LogP contribution is 2.19. The molecule has 0 bridgehead atoms. The molecule has 5 nitrogen and oxygen atoms in total. The smallest absolute Gasteiger partial charge is 0.306 e. The molecule has 2 unspecified atom stereocenters. The Bertz CT molecular complexity index is 501. The Labute approximate surface area is 211 Å². The molecule has 0 aliphatic rings. The minimum Gasteiger partial charge on any atom is -0.550 e. The van der Waals surface area contributed by atoms with Crippen LogP contribution < -0.4 is 5.11 Å². The van der Waals surface area contributed by atoms with Crippen molar-refractivity contribution >= 4 is 11.9 Å². The van der Waals surface area contributed by atoms with E-state index in [1.807, 2.05) is 21.1 Å². The van der Waals surface area contributed by atoms with E-state index in [0.717, 1.165) is 25.2 Å². The number of ether oxygens (including phenoxy) is 1. The predicted octanol–water partition coefficient (Wildman–Crippen LogP) is 6.42. The zero-order chi connectivity index (χ0) is 25.7. The molecule has 202 valence electrons. The first-order valence-corrected chi connectivity index (χ1v) is 14.3. The van der Waals surface area contributed by atoms with E-state index in [2.05, 4.69) is 13.8 Å². The van der Waals surface area contributed by atoms with Gasteiger partial charge in [-0.25, -0.2) is 0 Å². The molecule has 2 atom stereocenters. The van der Waals surface area contributed by atoms with Crippen LogP contribution in [-0.4, -0.2) is 50.2 Å². The van der Waals surface area contributed by atoms with Gasteiger partial charge < -0.3 is 19.1 Å². The van der Waals surface area contributed by atoms with E-state index in [-0.39, 0.29) is 12.4 Å². The number of unbranched alkanes of at least 4 members (excludes halogenated alkanes) is 13. The van der Waals surface area contributed by atoms with Crippen LogP contribution in [0.2, 0.25) is 0 Å². The maximum atomic E-state index is 12.1. The fourth-order valence-corrected chi connectivity index (χ4v) is 4.60. The van der Waals surface area contributed by atoms with Gasteiger partial charge in [-0.05, 0) is 12.3 Å². The molecule has 0 aromatic heterocycles. The summed E-state index contributed by atoms with van der Waals surface area (Å²) in [6.07, 6.45) is 21.7. The van der Waals surface area contributed by atoms with Crippen molar-refractivity contribution in [1.29, 1.82) is 0 Å². The number of carboxylic acid groups (broad SMARTS) is 1. The second kappa shape index (κ2) is 21.2. The Hall–Kier alpha value is -1.10. The maximum Gasteiger partial charge on any atom is 0.306 e. The van der Waals surface area contributed by atoms with Crippen LogP contribution in [0.5, 0.6) is 0 Å². The molecule has 0 amide bonds. The van der Waals surface area contributed by atoms with Crippen LogP contribution in [0, 0.1) is 5.92 Å². The Morgan fingerprint density at radius 3 is 1.62 bits per heavy atom. The van der Waals surface area contributed by atoms with Gasteiger partial charge in [0.05, 0.1) is 21.1 Å². The van der Waals surface area contributed by atoms with Crippen molar-refractivity contribution in [3.05, 3.63) is 0 Å². The molecule has 0 saturated heterocycles. The van der Waals surface area contributed by atoms with Crippen LogP contribution in [0.1, 0.15) is 136 Å². The number of carbonyl (C=O) groups excluding carboxylic acids is 2. The van der Waals surface area contributed by atoms with Crippen LogP contribution in [0.4, 0.5) is 0 Å². The van der Waals surface area contributed by atoms with Gasteiger partial charge in [-0.15, -0.1) is 0 Å². The monoisotopic (exact) mass is 483 g/mol. The molecule has 0 heterocycles. The summed E-state index contributed by atoms with van der Waals surface area (Å²) < 4.78 is 5.95. The summed E-state index contributed by atoms with van der Waals surface area (Å²) in [5, 5.41) is 10.9. The van der Waals surface area contributed by atoms with Crippen molar-refractivity contribution < 1.29 is 23.9 Å². The highest BCUT2D eigenvalue weighted by Gasteiger charge is 2.22. The minimum absolute atomic E-state index is 0.237. The fraction of sp³-hybridized carbons (Fsp3) is 0.931. The van der Waals surface area contributed by atoms with Crippen LogP contribution in [0.15, 0.2) is 0 Å². The van der Waals surface area contributed by atoms with Crippen molar-refractivity contribution in [2.24, 2.45) is 5.92 Å². The SMILES string of the molecule is CCCCCCCCC(C)CCCCCCCCCCCC(=O)OC(CC(=O)[O-])C[N+](C)(C)C. The van der Waals surface area contributed by atoms with Gasteiger partial charge in [0, 0.05) is 18.8 Å². The van der Waals surface area contributed by atoms with Gasteiger partial charge in [-0.3, -0.25) is 4.79 Å². The van der Waals surface area contributed by atoms with Gasteiger partial charge in [0.1, 0.15) is 6.54 Å². The average molecular weight is 484 g/mol. The van der Waals surface area contributed by atoms with Crippen LogP contribution in [0.25, 0.3) is 0 Å². The number of esters is 1. The lowest BCUT2D eigenvalue weighted by Crippen LogP contribution is -2.45. The van der Waals surface area contributed by atoms with Crippen molar-refractivity contribution in [1.82, 2.24) is 0 Å². The van der Waals surface area contributed by atoms with E-state index >= 15 is 0 Å².